The van der Waals surface area contributed by atoms with E-state index in [-0.39, 0.29) is 12.5 Å². The summed E-state index contributed by atoms with van der Waals surface area (Å²) in [6.07, 6.45) is 7.82. The lowest BCUT2D eigenvalue weighted by molar-refractivity contribution is 0.0393. The molecule has 2 fully saturated rings. The molecule has 7 unspecified atom stereocenters. The van der Waals surface area contributed by atoms with Gasteiger partial charge in [0.15, 0.2) is 0 Å². The van der Waals surface area contributed by atoms with E-state index in [0.717, 1.165) is 17.8 Å². The van der Waals surface area contributed by atoms with E-state index >= 15 is 0 Å². The van der Waals surface area contributed by atoms with Crippen LogP contribution in [0.25, 0.3) is 0 Å². The minimum atomic E-state index is 0.0507. The number of hydrogen-bond donors (Lipinski definition) is 0. The summed E-state index contributed by atoms with van der Waals surface area (Å²) >= 11 is 0. The first-order valence-electron chi connectivity index (χ1n) is 11.0. The van der Waals surface area contributed by atoms with Gasteiger partial charge in [-0.2, -0.15) is 0 Å². The van der Waals surface area contributed by atoms with Gasteiger partial charge in [0.25, 0.3) is 0 Å². The molecule has 2 aliphatic carbocycles. The summed E-state index contributed by atoms with van der Waals surface area (Å²) < 4.78 is 0. The van der Waals surface area contributed by atoms with Crippen molar-refractivity contribution in [3.8, 4) is 0 Å². The summed E-state index contributed by atoms with van der Waals surface area (Å²) in [5.74, 6) is 5.74. The molecule has 0 aromatic rings. The topological polar surface area (TPSA) is 19.9 Å². The summed E-state index contributed by atoms with van der Waals surface area (Å²) in [7, 11) is 0. The SMILES string of the molecule is C=C(C1CC(C)CCC1C(C)C)C(C[O])C1CC(C)CCC1C(C)C. The Morgan fingerprint density at radius 3 is 1.88 bits per heavy atom. The van der Waals surface area contributed by atoms with E-state index in [9.17, 15) is 5.11 Å². The van der Waals surface area contributed by atoms with Crippen molar-refractivity contribution in [3.63, 3.8) is 0 Å². The maximum Gasteiger partial charge on any atom is 0.0890 e. The van der Waals surface area contributed by atoms with E-state index in [2.05, 4.69) is 48.1 Å². The normalized spacial score (nSPS) is 38.1. The fourth-order valence-electron chi connectivity index (χ4n) is 6.15. The Bertz CT molecular complexity index is 424. The minimum Gasteiger partial charge on any atom is -0.236 e. The molecule has 145 valence electrons. The van der Waals surface area contributed by atoms with Crippen LogP contribution in [0.5, 0.6) is 0 Å². The van der Waals surface area contributed by atoms with Crippen LogP contribution in [0.1, 0.15) is 80.1 Å². The van der Waals surface area contributed by atoms with Crippen LogP contribution in [0.4, 0.5) is 0 Å². The second-order valence-electron chi connectivity index (χ2n) is 10.3. The van der Waals surface area contributed by atoms with Gasteiger partial charge in [0.2, 0.25) is 0 Å². The lowest BCUT2D eigenvalue weighted by Crippen LogP contribution is -2.39. The Morgan fingerprint density at radius 1 is 0.840 bits per heavy atom. The van der Waals surface area contributed by atoms with Gasteiger partial charge in [-0.05, 0) is 73.0 Å². The molecule has 0 saturated heterocycles. The van der Waals surface area contributed by atoms with Gasteiger partial charge in [-0.15, -0.1) is 0 Å². The Morgan fingerprint density at radius 2 is 1.36 bits per heavy atom. The van der Waals surface area contributed by atoms with Crippen LogP contribution in [0.15, 0.2) is 12.2 Å². The molecule has 2 aliphatic rings. The number of rotatable bonds is 6. The van der Waals surface area contributed by atoms with Crippen LogP contribution in [-0.4, -0.2) is 6.61 Å². The highest BCUT2D eigenvalue weighted by molar-refractivity contribution is 5.12. The van der Waals surface area contributed by atoms with Gasteiger partial charge in [-0.1, -0.05) is 66.5 Å². The van der Waals surface area contributed by atoms with Gasteiger partial charge in [0.05, 0.1) is 6.61 Å². The van der Waals surface area contributed by atoms with Gasteiger partial charge in [0.1, 0.15) is 0 Å². The van der Waals surface area contributed by atoms with Crippen LogP contribution in [0.3, 0.4) is 0 Å². The maximum absolute atomic E-state index is 12.4. The second-order valence-corrected chi connectivity index (χ2v) is 10.3. The molecule has 7 atom stereocenters. The number of hydrogen-bond acceptors (Lipinski definition) is 0. The Hall–Kier alpha value is -0.300. The molecule has 0 amide bonds. The van der Waals surface area contributed by atoms with Crippen molar-refractivity contribution in [2.24, 2.45) is 53.3 Å². The first-order chi connectivity index (χ1) is 11.8. The van der Waals surface area contributed by atoms with Crippen LogP contribution in [0, 0.1) is 53.3 Å². The van der Waals surface area contributed by atoms with E-state index in [1.807, 2.05) is 0 Å². The molecule has 0 spiro atoms. The van der Waals surface area contributed by atoms with Crippen molar-refractivity contribution >= 4 is 0 Å². The molecule has 0 N–H and O–H groups in total. The van der Waals surface area contributed by atoms with Gasteiger partial charge in [0, 0.05) is 5.92 Å². The van der Waals surface area contributed by atoms with E-state index < -0.39 is 0 Å². The van der Waals surface area contributed by atoms with Crippen molar-refractivity contribution in [1.82, 2.24) is 0 Å². The highest BCUT2D eigenvalue weighted by Gasteiger charge is 2.41. The average Bonchev–Trinajstić information content (AvgIpc) is 2.54. The maximum atomic E-state index is 12.4. The van der Waals surface area contributed by atoms with Gasteiger partial charge in [-0.25, -0.2) is 5.11 Å². The summed E-state index contributed by atoms with van der Waals surface area (Å²) in [5, 5.41) is 12.4. The smallest absolute Gasteiger partial charge is 0.0890 e. The quantitative estimate of drug-likeness (QED) is 0.461. The minimum absolute atomic E-state index is 0.0507. The predicted molar refractivity (Wildman–Crippen MR) is 108 cm³/mol. The summed E-state index contributed by atoms with van der Waals surface area (Å²) in [4.78, 5) is 0. The van der Waals surface area contributed by atoms with E-state index in [1.54, 1.807) is 0 Å². The zero-order valence-corrected chi connectivity index (χ0v) is 17.8. The lowest BCUT2D eigenvalue weighted by atomic mass is 9.59. The molecule has 0 aliphatic heterocycles. The zero-order valence-electron chi connectivity index (χ0n) is 17.8. The molecule has 2 saturated carbocycles. The molecule has 2 rings (SSSR count). The fraction of sp³-hybridized carbons (Fsp3) is 0.917. The molecule has 1 radical (unpaired) electrons. The molecular weight excluding hydrogens is 304 g/mol. The average molecular weight is 348 g/mol. The van der Waals surface area contributed by atoms with Crippen LogP contribution >= 0.6 is 0 Å². The summed E-state index contributed by atoms with van der Waals surface area (Å²) in [6.45, 7) is 18.9. The summed E-state index contributed by atoms with van der Waals surface area (Å²) in [5.41, 5.74) is 1.34. The Labute approximate surface area is 157 Å². The lowest BCUT2D eigenvalue weighted by Gasteiger charge is -2.46. The molecule has 25 heavy (non-hydrogen) atoms. The molecule has 0 bridgehead atoms. The summed E-state index contributed by atoms with van der Waals surface area (Å²) in [6, 6.07) is 0. The van der Waals surface area contributed by atoms with Crippen molar-refractivity contribution in [2.45, 2.75) is 80.1 Å². The molecular formula is C24H43O. The monoisotopic (exact) mass is 347 g/mol. The van der Waals surface area contributed by atoms with Crippen molar-refractivity contribution in [1.29, 1.82) is 0 Å². The van der Waals surface area contributed by atoms with Crippen molar-refractivity contribution < 1.29 is 5.11 Å². The predicted octanol–water partition coefficient (Wildman–Crippen LogP) is 7.01. The first kappa shape index (κ1) is 21.0. The van der Waals surface area contributed by atoms with Crippen LogP contribution in [0.2, 0.25) is 0 Å². The Balaban J connectivity index is 2.22. The molecule has 1 heteroatoms. The fourth-order valence-corrected chi connectivity index (χ4v) is 6.15. The second kappa shape index (κ2) is 9.07. The van der Waals surface area contributed by atoms with E-state index in [4.69, 9.17) is 0 Å². The van der Waals surface area contributed by atoms with Gasteiger partial charge < -0.3 is 0 Å². The molecule has 1 nitrogen and oxygen atoms in total. The van der Waals surface area contributed by atoms with Crippen molar-refractivity contribution in [2.75, 3.05) is 6.61 Å². The standard InChI is InChI=1S/C24H43O/c1-15(2)20-10-8-17(5)12-22(20)19(7)24(14-25)23-13-18(6)9-11-21(23)16(3)4/h15-18,20-24H,7-14H2,1-6H3. The third-order valence-electron chi connectivity index (χ3n) is 7.74. The highest BCUT2D eigenvalue weighted by Crippen LogP contribution is 2.49. The largest absolute Gasteiger partial charge is 0.236 e. The van der Waals surface area contributed by atoms with E-state index in [1.165, 1.54) is 44.1 Å². The zero-order chi connectivity index (χ0) is 18.7. The van der Waals surface area contributed by atoms with Crippen LogP contribution in [-0.2, 0) is 5.11 Å². The third-order valence-corrected chi connectivity index (χ3v) is 7.74. The van der Waals surface area contributed by atoms with Gasteiger partial charge >= 0.3 is 0 Å². The third kappa shape index (κ3) is 4.90. The Kier molecular flexibility index (Phi) is 7.62. The highest BCUT2D eigenvalue weighted by atomic mass is 16.3. The molecule has 0 aromatic heterocycles. The van der Waals surface area contributed by atoms with E-state index in [0.29, 0.717) is 29.6 Å². The van der Waals surface area contributed by atoms with Crippen molar-refractivity contribution in [3.05, 3.63) is 12.2 Å². The molecule has 0 heterocycles. The molecule has 0 aromatic carbocycles. The van der Waals surface area contributed by atoms with Gasteiger partial charge in [-0.3, -0.25) is 0 Å². The van der Waals surface area contributed by atoms with Crippen LogP contribution < -0.4 is 0 Å². The first-order valence-corrected chi connectivity index (χ1v) is 11.0.